The van der Waals surface area contributed by atoms with Gasteiger partial charge in [-0.25, -0.2) is 9.97 Å². The molecular formula is C10H13N5S. The van der Waals surface area contributed by atoms with Crippen molar-refractivity contribution in [3.63, 3.8) is 0 Å². The van der Waals surface area contributed by atoms with Gasteiger partial charge in [0.05, 0.1) is 12.1 Å². The second kappa shape index (κ2) is 4.44. The molecule has 0 amide bonds. The first-order valence-electron chi connectivity index (χ1n) is 4.89. The van der Waals surface area contributed by atoms with Gasteiger partial charge in [0.2, 0.25) is 0 Å². The molecule has 0 aliphatic rings. The highest BCUT2D eigenvalue weighted by molar-refractivity contribution is 7.09. The standard InChI is InChI=1S/C10H13N5S/c1-6-9(11)14-7(2)15-10(6)13-4-8-3-12-5-16-8/h3,5H,4H2,1-2H3,(H3,11,13,14,15). The lowest BCUT2D eigenvalue weighted by molar-refractivity contribution is 1.01. The minimum absolute atomic E-state index is 0.527. The van der Waals surface area contributed by atoms with E-state index in [0.717, 1.165) is 16.3 Å². The molecule has 0 aliphatic heterocycles. The van der Waals surface area contributed by atoms with Crippen LogP contribution in [0.1, 0.15) is 16.3 Å². The first kappa shape index (κ1) is 10.8. The minimum atomic E-state index is 0.527. The molecule has 0 aliphatic carbocycles. The van der Waals surface area contributed by atoms with Crippen molar-refractivity contribution in [1.82, 2.24) is 15.0 Å². The van der Waals surface area contributed by atoms with Crippen LogP contribution in [0.2, 0.25) is 0 Å². The Bertz CT molecular complexity index is 480. The fourth-order valence-electron chi connectivity index (χ4n) is 1.32. The van der Waals surface area contributed by atoms with E-state index in [1.54, 1.807) is 11.3 Å². The van der Waals surface area contributed by atoms with E-state index in [1.165, 1.54) is 0 Å². The van der Waals surface area contributed by atoms with Crippen LogP contribution in [0.25, 0.3) is 0 Å². The second-order valence-corrected chi connectivity index (χ2v) is 4.42. The van der Waals surface area contributed by atoms with Crippen LogP contribution in [0.4, 0.5) is 11.6 Å². The van der Waals surface area contributed by atoms with Gasteiger partial charge >= 0.3 is 0 Å². The van der Waals surface area contributed by atoms with Gasteiger partial charge in [0, 0.05) is 16.6 Å². The quantitative estimate of drug-likeness (QED) is 0.847. The summed E-state index contributed by atoms with van der Waals surface area (Å²) >= 11 is 1.61. The Hall–Kier alpha value is -1.69. The lowest BCUT2D eigenvalue weighted by Gasteiger charge is -2.09. The van der Waals surface area contributed by atoms with Crippen molar-refractivity contribution in [1.29, 1.82) is 0 Å². The first-order valence-corrected chi connectivity index (χ1v) is 5.76. The molecule has 0 saturated heterocycles. The van der Waals surface area contributed by atoms with Crippen LogP contribution in [-0.4, -0.2) is 15.0 Å². The van der Waals surface area contributed by atoms with Gasteiger partial charge < -0.3 is 11.1 Å². The van der Waals surface area contributed by atoms with E-state index < -0.39 is 0 Å². The monoisotopic (exact) mass is 235 g/mol. The Labute approximate surface area is 97.8 Å². The number of aromatic nitrogens is 3. The van der Waals surface area contributed by atoms with Crippen LogP contribution in [0, 0.1) is 13.8 Å². The third-order valence-electron chi connectivity index (χ3n) is 2.21. The number of nitrogens with zero attached hydrogens (tertiary/aromatic N) is 3. The van der Waals surface area contributed by atoms with Gasteiger partial charge in [0.1, 0.15) is 17.5 Å². The smallest absolute Gasteiger partial charge is 0.135 e. The number of nitrogens with two attached hydrogens (primary N) is 1. The molecule has 16 heavy (non-hydrogen) atoms. The third-order valence-corrected chi connectivity index (χ3v) is 2.99. The third kappa shape index (κ3) is 2.27. The zero-order valence-electron chi connectivity index (χ0n) is 9.19. The van der Waals surface area contributed by atoms with Gasteiger partial charge in [-0.1, -0.05) is 0 Å². The maximum atomic E-state index is 5.77. The number of rotatable bonds is 3. The Morgan fingerprint density at radius 2 is 2.19 bits per heavy atom. The highest BCUT2D eigenvalue weighted by Crippen LogP contribution is 2.18. The predicted octanol–water partition coefficient (Wildman–Crippen LogP) is 1.74. The number of aryl methyl sites for hydroxylation is 1. The summed E-state index contributed by atoms with van der Waals surface area (Å²) in [5.74, 6) is 1.99. The maximum Gasteiger partial charge on any atom is 0.135 e. The molecule has 2 aromatic rings. The second-order valence-electron chi connectivity index (χ2n) is 3.45. The van der Waals surface area contributed by atoms with Crippen molar-refractivity contribution in [3.8, 4) is 0 Å². The molecule has 5 nitrogen and oxygen atoms in total. The van der Waals surface area contributed by atoms with Crippen LogP contribution in [0.3, 0.4) is 0 Å². The van der Waals surface area contributed by atoms with Crippen molar-refractivity contribution >= 4 is 23.0 Å². The van der Waals surface area contributed by atoms with Gasteiger partial charge in [-0.2, -0.15) is 0 Å². The van der Waals surface area contributed by atoms with Gasteiger partial charge in [0.15, 0.2) is 0 Å². The summed E-state index contributed by atoms with van der Waals surface area (Å²) in [7, 11) is 0. The van der Waals surface area contributed by atoms with Crippen LogP contribution in [0.5, 0.6) is 0 Å². The highest BCUT2D eigenvalue weighted by Gasteiger charge is 2.06. The van der Waals surface area contributed by atoms with Crippen molar-refractivity contribution in [2.45, 2.75) is 20.4 Å². The van der Waals surface area contributed by atoms with E-state index in [1.807, 2.05) is 25.6 Å². The van der Waals surface area contributed by atoms with E-state index in [9.17, 15) is 0 Å². The van der Waals surface area contributed by atoms with Gasteiger partial charge in [-0.3, -0.25) is 4.98 Å². The summed E-state index contributed by atoms with van der Waals surface area (Å²) in [4.78, 5) is 13.6. The number of nitrogen functional groups attached to an aromatic ring is 1. The topological polar surface area (TPSA) is 76.7 Å². The molecule has 0 saturated carbocycles. The number of hydrogen-bond acceptors (Lipinski definition) is 6. The molecule has 0 radical (unpaired) electrons. The molecule has 0 atom stereocenters. The maximum absolute atomic E-state index is 5.77. The molecule has 6 heteroatoms. The summed E-state index contributed by atoms with van der Waals surface area (Å²) in [5.41, 5.74) is 8.46. The molecule has 0 unspecified atom stereocenters. The molecule has 3 N–H and O–H groups in total. The van der Waals surface area contributed by atoms with Crippen molar-refractivity contribution in [3.05, 3.63) is 28.0 Å². The molecule has 0 aromatic carbocycles. The van der Waals surface area contributed by atoms with E-state index in [0.29, 0.717) is 18.2 Å². The minimum Gasteiger partial charge on any atom is -0.383 e. The summed E-state index contributed by atoms with van der Waals surface area (Å²) in [6, 6.07) is 0. The number of nitrogens with one attached hydrogen (secondary N) is 1. The molecule has 0 bridgehead atoms. The normalized spacial score (nSPS) is 10.4. The number of hydrogen-bond donors (Lipinski definition) is 2. The summed E-state index contributed by atoms with van der Waals surface area (Å²) in [6.45, 7) is 4.44. The van der Waals surface area contributed by atoms with Crippen LogP contribution < -0.4 is 11.1 Å². The largest absolute Gasteiger partial charge is 0.383 e. The zero-order chi connectivity index (χ0) is 11.5. The van der Waals surface area contributed by atoms with Gasteiger partial charge in [0.25, 0.3) is 0 Å². The predicted molar refractivity (Wildman–Crippen MR) is 65.4 cm³/mol. The van der Waals surface area contributed by atoms with Crippen LogP contribution in [0.15, 0.2) is 11.7 Å². The number of thiazole rings is 1. The van der Waals surface area contributed by atoms with Crippen molar-refractivity contribution in [2.24, 2.45) is 0 Å². The molecule has 84 valence electrons. The van der Waals surface area contributed by atoms with E-state index in [4.69, 9.17) is 5.73 Å². The van der Waals surface area contributed by atoms with Gasteiger partial charge in [-0.15, -0.1) is 11.3 Å². The first-order chi connectivity index (χ1) is 7.66. The zero-order valence-corrected chi connectivity index (χ0v) is 10.0. The van der Waals surface area contributed by atoms with Crippen molar-refractivity contribution < 1.29 is 0 Å². The Balaban J connectivity index is 2.15. The lowest BCUT2D eigenvalue weighted by Crippen LogP contribution is -2.07. The Morgan fingerprint density at radius 1 is 1.38 bits per heavy atom. The average Bonchev–Trinajstić information content (AvgIpc) is 2.74. The van der Waals surface area contributed by atoms with E-state index in [2.05, 4.69) is 20.3 Å². The number of anilines is 2. The fraction of sp³-hybridized carbons (Fsp3) is 0.300. The molecule has 2 rings (SSSR count). The summed E-state index contributed by atoms with van der Waals surface area (Å²) < 4.78 is 0. The lowest BCUT2D eigenvalue weighted by atomic mass is 10.3. The van der Waals surface area contributed by atoms with Crippen LogP contribution in [-0.2, 0) is 6.54 Å². The Kier molecular flexibility index (Phi) is 3.00. The van der Waals surface area contributed by atoms with Crippen LogP contribution >= 0.6 is 11.3 Å². The summed E-state index contributed by atoms with van der Waals surface area (Å²) in [6.07, 6.45) is 1.84. The average molecular weight is 235 g/mol. The fourth-order valence-corrected chi connectivity index (χ4v) is 1.86. The molecule has 0 fully saturated rings. The Morgan fingerprint density at radius 3 is 2.88 bits per heavy atom. The molecular weight excluding hydrogens is 222 g/mol. The van der Waals surface area contributed by atoms with E-state index >= 15 is 0 Å². The van der Waals surface area contributed by atoms with Crippen molar-refractivity contribution in [2.75, 3.05) is 11.1 Å². The SMILES string of the molecule is Cc1nc(N)c(C)c(NCc2cncs2)n1. The highest BCUT2D eigenvalue weighted by atomic mass is 32.1. The van der Waals surface area contributed by atoms with E-state index in [-0.39, 0.29) is 0 Å². The molecule has 2 heterocycles. The van der Waals surface area contributed by atoms with Gasteiger partial charge in [-0.05, 0) is 13.8 Å². The molecule has 2 aromatic heterocycles. The molecule has 0 spiro atoms. The summed E-state index contributed by atoms with van der Waals surface area (Å²) in [5, 5.41) is 3.24.